The van der Waals surface area contributed by atoms with Gasteiger partial charge in [-0.1, -0.05) is 28.1 Å². The number of rotatable bonds is 6. The van der Waals surface area contributed by atoms with Crippen LogP contribution in [0.2, 0.25) is 0 Å². The summed E-state index contributed by atoms with van der Waals surface area (Å²) < 4.78 is 4.45. The average molecular weight is 454 g/mol. The predicted octanol–water partition coefficient (Wildman–Crippen LogP) is 4.20. The number of carbonyl (C=O) groups excluding carboxylic acids is 1. The second-order valence-corrected chi connectivity index (χ2v) is 7.41. The van der Waals surface area contributed by atoms with Crippen molar-refractivity contribution in [3.63, 3.8) is 0 Å². The Balaban J connectivity index is 1.48. The first-order chi connectivity index (χ1) is 14.0. The highest BCUT2D eigenvalue weighted by atomic mass is 79.9. The number of anilines is 1. The molecule has 2 heterocycles. The van der Waals surface area contributed by atoms with Gasteiger partial charge in [-0.2, -0.15) is 5.10 Å². The molecule has 1 amide bonds. The lowest BCUT2D eigenvalue weighted by Gasteiger charge is -2.10. The molecular formula is C20H16BrN5O3. The summed E-state index contributed by atoms with van der Waals surface area (Å²) in [7, 11) is 0. The molecule has 0 aliphatic heterocycles. The van der Waals surface area contributed by atoms with Crippen LogP contribution in [0.25, 0.3) is 10.9 Å². The summed E-state index contributed by atoms with van der Waals surface area (Å²) in [4.78, 5) is 23.0. The second-order valence-electron chi connectivity index (χ2n) is 6.50. The number of non-ortho nitro benzene ring substituents is 1. The topological polar surface area (TPSA) is 95.0 Å². The molecule has 0 saturated carbocycles. The van der Waals surface area contributed by atoms with Crippen molar-refractivity contribution in [1.82, 2.24) is 14.3 Å². The van der Waals surface area contributed by atoms with Gasteiger partial charge in [0.2, 0.25) is 5.91 Å². The minimum absolute atomic E-state index is 0.0242. The highest BCUT2D eigenvalue weighted by molar-refractivity contribution is 9.10. The van der Waals surface area contributed by atoms with Gasteiger partial charge in [0.1, 0.15) is 12.4 Å². The number of benzene rings is 2. The van der Waals surface area contributed by atoms with Crippen molar-refractivity contribution in [3.8, 4) is 0 Å². The maximum atomic E-state index is 12.6. The Hall–Kier alpha value is -3.46. The molecule has 4 aromatic rings. The first-order valence-corrected chi connectivity index (χ1v) is 9.58. The minimum Gasteiger partial charge on any atom is -0.338 e. The van der Waals surface area contributed by atoms with Gasteiger partial charge in [-0.05, 0) is 29.8 Å². The van der Waals surface area contributed by atoms with Gasteiger partial charge in [-0.3, -0.25) is 14.9 Å². The molecule has 2 aromatic carbocycles. The van der Waals surface area contributed by atoms with Crippen molar-refractivity contribution in [2.45, 2.75) is 13.1 Å². The molecule has 0 aliphatic carbocycles. The number of hydrogen-bond acceptors (Lipinski definition) is 4. The van der Waals surface area contributed by atoms with E-state index in [0.717, 1.165) is 15.6 Å². The summed E-state index contributed by atoms with van der Waals surface area (Å²) in [6.07, 6.45) is 3.38. The number of hydrogen-bond donors (Lipinski definition) is 1. The van der Waals surface area contributed by atoms with Gasteiger partial charge in [-0.15, -0.1) is 0 Å². The first kappa shape index (κ1) is 18.9. The van der Waals surface area contributed by atoms with E-state index in [4.69, 9.17) is 0 Å². The van der Waals surface area contributed by atoms with Crippen LogP contribution in [-0.4, -0.2) is 25.2 Å². The largest absolute Gasteiger partial charge is 0.338 e. The van der Waals surface area contributed by atoms with Crippen LogP contribution in [0.15, 0.2) is 71.5 Å². The number of halogens is 1. The van der Waals surface area contributed by atoms with E-state index in [2.05, 4.69) is 26.3 Å². The van der Waals surface area contributed by atoms with Crippen molar-refractivity contribution in [3.05, 3.63) is 87.1 Å². The molecule has 4 rings (SSSR count). The van der Waals surface area contributed by atoms with Gasteiger partial charge >= 0.3 is 0 Å². The highest BCUT2D eigenvalue weighted by Gasteiger charge is 2.12. The summed E-state index contributed by atoms with van der Waals surface area (Å²) in [5, 5.41) is 18.8. The normalized spacial score (nSPS) is 10.9. The van der Waals surface area contributed by atoms with E-state index >= 15 is 0 Å². The smallest absolute Gasteiger partial charge is 0.270 e. The predicted molar refractivity (Wildman–Crippen MR) is 113 cm³/mol. The first-order valence-electron chi connectivity index (χ1n) is 8.79. The van der Waals surface area contributed by atoms with E-state index < -0.39 is 4.92 Å². The van der Waals surface area contributed by atoms with Crippen molar-refractivity contribution in [1.29, 1.82) is 0 Å². The van der Waals surface area contributed by atoms with Crippen molar-refractivity contribution in [2.75, 3.05) is 5.32 Å². The minimum atomic E-state index is -0.435. The quantitative estimate of drug-likeness (QED) is 0.349. The van der Waals surface area contributed by atoms with Crippen LogP contribution in [0.4, 0.5) is 11.5 Å². The zero-order chi connectivity index (χ0) is 20.4. The van der Waals surface area contributed by atoms with E-state index in [0.29, 0.717) is 17.7 Å². The zero-order valence-electron chi connectivity index (χ0n) is 15.2. The van der Waals surface area contributed by atoms with Gasteiger partial charge in [-0.25, -0.2) is 4.68 Å². The summed E-state index contributed by atoms with van der Waals surface area (Å²) in [6, 6.07) is 16.0. The third-order valence-electron chi connectivity index (χ3n) is 4.48. The summed E-state index contributed by atoms with van der Waals surface area (Å²) in [5.74, 6) is 0.388. The Bertz CT molecular complexity index is 1210. The van der Waals surface area contributed by atoms with Crippen molar-refractivity contribution >= 4 is 44.2 Å². The highest BCUT2D eigenvalue weighted by Crippen LogP contribution is 2.22. The fraction of sp³-hybridized carbons (Fsp3) is 0.100. The van der Waals surface area contributed by atoms with Gasteiger partial charge in [0, 0.05) is 39.8 Å². The Morgan fingerprint density at radius 2 is 2.03 bits per heavy atom. The van der Waals surface area contributed by atoms with E-state index in [9.17, 15) is 14.9 Å². The third-order valence-corrected chi connectivity index (χ3v) is 4.98. The standard InChI is InChI=1S/C20H16BrN5O3/c21-16-3-1-2-14(10-16)12-25-19(6-8-22-25)23-20(27)13-24-9-7-15-11-17(26(28)29)4-5-18(15)24/h1-11H,12-13H2,(H,23,27). The third kappa shape index (κ3) is 4.19. The van der Waals surface area contributed by atoms with Gasteiger partial charge in [0.15, 0.2) is 0 Å². The van der Waals surface area contributed by atoms with Crippen LogP contribution >= 0.6 is 15.9 Å². The lowest BCUT2D eigenvalue weighted by atomic mass is 10.2. The summed E-state index contributed by atoms with van der Waals surface area (Å²) in [6.45, 7) is 0.613. The molecule has 0 fully saturated rings. The maximum absolute atomic E-state index is 12.6. The molecule has 0 unspecified atom stereocenters. The summed E-state index contributed by atoms with van der Waals surface area (Å²) in [5.41, 5.74) is 1.83. The van der Waals surface area contributed by atoms with E-state index in [-0.39, 0.29) is 18.1 Å². The maximum Gasteiger partial charge on any atom is 0.270 e. The lowest BCUT2D eigenvalue weighted by Crippen LogP contribution is -2.20. The molecule has 0 saturated heterocycles. The van der Waals surface area contributed by atoms with Crippen molar-refractivity contribution in [2.24, 2.45) is 0 Å². The number of nitrogens with zero attached hydrogens (tertiary/aromatic N) is 4. The molecule has 29 heavy (non-hydrogen) atoms. The van der Waals surface area contributed by atoms with Gasteiger partial charge in [0.25, 0.3) is 5.69 Å². The molecule has 146 valence electrons. The van der Waals surface area contributed by atoms with Crippen LogP contribution in [0.1, 0.15) is 5.56 Å². The Morgan fingerprint density at radius 1 is 1.17 bits per heavy atom. The Kier molecular flexibility index (Phi) is 5.13. The molecule has 0 aliphatic rings. The monoisotopic (exact) mass is 453 g/mol. The van der Waals surface area contributed by atoms with Crippen LogP contribution in [0, 0.1) is 10.1 Å². The molecule has 0 spiro atoms. The molecular weight excluding hydrogens is 438 g/mol. The fourth-order valence-corrected chi connectivity index (χ4v) is 3.60. The number of nitrogens with one attached hydrogen (secondary N) is 1. The van der Waals surface area contributed by atoms with Crippen LogP contribution in [0.3, 0.4) is 0 Å². The van der Waals surface area contributed by atoms with Crippen LogP contribution in [-0.2, 0) is 17.9 Å². The molecule has 8 nitrogen and oxygen atoms in total. The lowest BCUT2D eigenvalue weighted by molar-refractivity contribution is -0.384. The van der Waals surface area contributed by atoms with E-state index in [1.165, 1.54) is 12.1 Å². The fourth-order valence-electron chi connectivity index (χ4n) is 3.15. The number of nitro groups is 1. The van der Waals surface area contributed by atoms with Gasteiger partial charge in [0.05, 0.1) is 17.7 Å². The van der Waals surface area contributed by atoms with E-state index in [1.54, 1.807) is 39.8 Å². The van der Waals surface area contributed by atoms with Crippen molar-refractivity contribution < 1.29 is 9.72 Å². The molecule has 0 atom stereocenters. The molecule has 1 N–H and O–H groups in total. The average Bonchev–Trinajstić information content (AvgIpc) is 3.28. The SMILES string of the molecule is O=C(Cn1ccc2cc([N+](=O)[O-])ccc21)Nc1ccnn1Cc1cccc(Br)c1. The summed E-state index contributed by atoms with van der Waals surface area (Å²) >= 11 is 3.45. The van der Waals surface area contributed by atoms with Crippen LogP contribution in [0.5, 0.6) is 0 Å². The Labute approximate surface area is 174 Å². The zero-order valence-corrected chi connectivity index (χ0v) is 16.7. The molecule has 2 aromatic heterocycles. The van der Waals surface area contributed by atoms with E-state index in [1.807, 2.05) is 24.3 Å². The molecule has 9 heteroatoms. The Morgan fingerprint density at radius 3 is 2.83 bits per heavy atom. The second kappa shape index (κ2) is 7.88. The van der Waals surface area contributed by atoms with Crippen LogP contribution < -0.4 is 5.32 Å². The number of carbonyl (C=O) groups is 1. The number of amides is 1. The molecule has 0 bridgehead atoms. The number of fused-ring (bicyclic) bond motifs is 1. The number of nitro benzene ring substituents is 1. The number of aromatic nitrogens is 3. The molecule has 0 radical (unpaired) electrons. The van der Waals surface area contributed by atoms with Gasteiger partial charge < -0.3 is 9.88 Å².